The summed E-state index contributed by atoms with van der Waals surface area (Å²) in [7, 11) is 0. The van der Waals surface area contributed by atoms with Crippen molar-refractivity contribution in [2.75, 3.05) is 4.90 Å². The minimum absolute atomic E-state index is 0.242. The molecule has 0 aliphatic heterocycles. The summed E-state index contributed by atoms with van der Waals surface area (Å²) in [5.41, 5.74) is 15.6. The Kier molecular flexibility index (Phi) is 9.76. The van der Waals surface area contributed by atoms with Crippen molar-refractivity contribution >= 4 is 44.9 Å². The monoisotopic (exact) mass is 792 g/mol. The minimum atomic E-state index is 0.242. The molecule has 5 unspecified atom stereocenters. The van der Waals surface area contributed by atoms with E-state index in [1.807, 2.05) is 6.08 Å². The number of hydrogen-bond acceptors (Lipinski definition) is 1. The van der Waals surface area contributed by atoms with E-state index in [2.05, 4.69) is 193 Å². The van der Waals surface area contributed by atoms with Crippen molar-refractivity contribution in [1.82, 2.24) is 4.57 Å². The summed E-state index contributed by atoms with van der Waals surface area (Å²) in [5, 5.41) is 2.54. The van der Waals surface area contributed by atoms with Crippen LogP contribution in [0.1, 0.15) is 86.5 Å². The molecule has 3 bridgehead atoms. The van der Waals surface area contributed by atoms with E-state index in [0.29, 0.717) is 11.8 Å². The summed E-state index contributed by atoms with van der Waals surface area (Å²) in [6, 6.07) is 64.4. The molecule has 3 aliphatic rings. The summed E-state index contributed by atoms with van der Waals surface area (Å²) in [5.74, 6) is 2.96. The van der Waals surface area contributed by atoms with Crippen LogP contribution in [0.4, 0.5) is 17.1 Å². The minimum Gasteiger partial charge on any atom is -0.310 e. The molecule has 0 N–H and O–H groups in total. The average molecular weight is 793 g/mol. The third-order valence-corrected chi connectivity index (χ3v) is 15.1. The molecule has 2 nitrogen and oxygen atoms in total. The quantitative estimate of drug-likeness (QED) is 0.127. The van der Waals surface area contributed by atoms with E-state index in [9.17, 15) is 0 Å². The summed E-state index contributed by atoms with van der Waals surface area (Å²) < 4.78 is 2.45. The van der Waals surface area contributed by atoms with E-state index in [4.69, 9.17) is 0 Å². The predicted molar refractivity (Wildman–Crippen MR) is 259 cm³/mol. The van der Waals surface area contributed by atoms with Crippen LogP contribution in [0.2, 0.25) is 0 Å². The number of nitrogens with zero attached hydrogens (tertiary/aromatic N) is 2. The summed E-state index contributed by atoms with van der Waals surface area (Å²) >= 11 is 0. The van der Waals surface area contributed by atoms with Crippen LogP contribution < -0.4 is 4.90 Å². The van der Waals surface area contributed by atoms with Crippen LogP contribution in [0.3, 0.4) is 0 Å². The third-order valence-electron chi connectivity index (χ3n) is 15.1. The zero-order chi connectivity index (χ0) is 40.9. The number of aromatic nitrogens is 1. The van der Waals surface area contributed by atoms with E-state index < -0.39 is 0 Å². The van der Waals surface area contributed by atoms with Gasteiger partial charge in [0.15, 0.2) is 0 Å². The second kappa shape index (κ2) is 15.7. The van der Waals surface area contributed by atoms with E-state index in [1.54, 1.807) is 5.56 Å². The highest BCUT2D eigenvalue weighted by atomic mass is 15.1. The van der Waals surface area contributed by atoms with Crippen molar-refractivity contribution in [3.05, 3.63) is 199 Å². The lowest BCUT2D eigenvalue weighted by molar-refractivity contribution is -0.0150. The van der Waals surface area contributed by atoms with Crippen molar-refractivity contribution < 1.29 is 0 Å². The Balaban J connectivity index is 1.01. The van der Waals surface area contributed by atoms with Crippen LogP contribution in [-0.4, -0.2) is 4.57 Å². The van der Waals surface area contributed by atoms with Gasteiger partial charge in [0.25, 0.3) is 0 Å². The van der Waals surface area contributed by atoms with E-state index >= 15 is 0 Å². The molecule has 1 aromatic heterocycles. The lowest BCUT2D eigenvalue weighted by Gasteiger charge is -2.60. The number of benzene rings is 7. The van der Waals surface area contributed by atoms with Gasteiger partial charge in [-0.2, -0.15) is 0 Å². The van der Waals surface area contributed by atoms with Crippen LogP contribution in [-0.2, 0) is 11.8 Å². The Morgan fingerprint density at radius 1 is 0.623 bits per heavy atom. The SMILES string of the molecule is C=Cc1ccc(C2CC3CC4CCC2C(c2ccc(N(c5ccc(CCCC)cc5)c5ccc6c7ccccc7n(-c7ccc(-c8ccccc8)cc7)c6c5)cc2)(C4)C3)cc1. The number of fused-ring (bicyclic) bond motifs is 5. The van der Waals surface area contributed by atoms with Gasteiger partial charge in [-0.15, -0.1) is 0 Å². The van der Waals surface area contributed by atoms with Crippen molar-refractivity contribution in [3.8, 4) is 16.8 Å². The molecule has 61 heavy (non-hydrogen) atoms. The largest absolute Gasteiger partial charge is 0.310 e. The third kappa shape index (κ3) is 6.72. The van der Waals surface area contributed by atoms with Gasteiger partial charge in [-0.3, -0.25) is 0 Å². The predicted octanol–water partition coefficient (Wildman–Crippen LogP) is 16.2. The molecular formula is C59H56N2. The number of rotatable bonds is 11. The molecule has 0 spiro atoms. The molecule has 11 rings (SSSR count). The van der Waals surface area contributed by atoms with E-state index in [0.717, 1.165) is 18.3 Å². The number of unbranched alkanes of at least 4 members (excludes halogenated alkanes) is 1. The molecule has 7 aromatic carbocycles. The Morgan fingerprint density at radius 2 is 1.30 bits per heavy atom. The number of anilines is 3. The highest BCUT2D eigenvalue weighted by molar-refractivity contribution is 6.10. The first-order valence-electron chi connectivity index (χ1n) is 23.0. The van der Waals surface area contributed by atoms with Crippen LogP contribution >= 0.6 is 0 Å². The van der Waals surface area contributed by atoms with Crippen molar-refractivity contribution in [2.24, 2.45) is 17.8 Å². The Labute approximate surface area is 362 Å². The lowest BCUT2D eigenvalue weighted by atomic mass is 9.44. The van der Waals surface area contributed by atoms with Gasteiger partial charge in [0.2, 0.25) is 0 Å². The molecule has 3 fully saturated rings. The van der Waals surface area contributed by atoms with E-state index in [-0.39, 0.29) is 5.41 Å². The summed E-state index contributed by atoms with van der Waals surface area (Å²) in [4.78, 5) is 2.49. The molecule has 302 valence electrons. The maximum atomic E-state index is 4.03. The number of hydrogen-bond donors (Lipinski definition) is 0. The molecular weight excluding hydrogens is 737 g/mol. The number of para-hydroxylation sites is 1. The topological polar surface area (TPSA) is 8.17 Å². The highest BCUT2D eigenvalue weighted by Gasteiger charge is 2.55. The van der Waals surface area contributed by atoms with Crippen molar-refractivity contribution in [1.29, 1.82) is 0 Å². The summed E-state index contributed by atoms with van der Waals surface area (Å²) in [6.45, 7) is 6.30. The fraction of sp³-hybridized carbons (Fsp3) is 0.254. The van der Waals surface area contributed by atoms with Gasteiger partial charge in [0.1, 0.15) is 0 Å². The van der Waals surface area contributed by atoms with Crippen LogP contribution in [0.25, 0.3) is 44.7 Å². The van der Waals surface area contributed by atoms with Crippen LogP contribution in [0.5, 0.6) is 0 Å². The van der Waals surface area contributed by atoms with Gasteiger partial charge in [0.05, 0.1) is 11.0 Å². The van der Waals surface area contributed by atoms with Crippen molar-refractivity contribution in [2.45, 2.75) is 76.0 Å². The molecule has 5 atom stereocenters. The van der Waals surface area contributed by atoms with Gasteiger partial charge in [-0.1, -0.05) is 148 Å². The highest BCUT2D eigenvalue weighted by Crippen LogP contribution is 2.64. The maximum Gasteiger partial charge on any atom is 0.0561 e. The van der Waals surface area contributed by atoms with Gasteiger partial charge < -0.3 is 9.47 Å². The first kappa shape index (κ1) is 37.8. The molecule has 1 heterocycles. The Bertz CT molecular complexity index is 2810. The maximum absolute atomic E-state index is 4.03. The van der Waals surface area contributed by atoms with Crippen molar-refractivity contribution in [3.63, 3.8) is 0 Å². The standard InChI is InChI=1S/C59H56N2/c1-3-5-11-42-18-27-49(28-19-42)60(50-31-25-48(26-32-50)59-39-43-20-35-56(59)55(37-44(36-43)40-59)47-21-16-41(4-2)17-22-47)52-33-34-54-53-14-9-10-15-57(53)61(58(54)38-52)51-29-23-46(24-30-51)45-12-7-6-8-13-45/h4,6-10,12-19,21-34,38,43-44,55-56H,2-3,5,11,20,35-37,39-40H2,1H3. The smallest absolute Gasteiger partial charge is 0.0561 e. The molecule has 0 amide bonds. The summed E-state index contributed by atoms with van der Waals surface area (Å²) in [6.07, 6.45) is 13.7. The van der Waals surface area contributed by atoms with Crippen LogP contribution in [0.15, 0.2) is 176 Å². The first-order valence-corrected chi connectivity index (χ1v) is 23.0. The van der Waals surface area contributed by atoms with E-state index in [1.165, 1.54) is 124 Å². The molecule has 0 radical (unpaired) electrons. The van der Waals surface area contributed by atoms with Gasteiger partial charge >= 0.3 is 0 Å². The first-order chi connectivity index (χ1) is 30.1. The lowest BCUT2D eigenvalue weighted by Crippen LogP contribution is -2.52. The average Bonchev–Trinajstić information content (AvgIpc) is 3.64. The zero-order valence-electron chi connectivity index (χ0n) is 35.5. The second-order valence-electron chi connectivity index (χ2n) is 18.5. The normalized spacial score (nSPS) is 21.8. The van der Waals surface area contributed by atoms with Gasteiger partial charge in [0, 0.05) is 33.5 Å². The fourth-order valence-electron chi connectivity index (χ4n) is 12.3. The Morgan fingerprint density at radius 3 is 2.05 bits per heavy atom. The fourth-order valence-corrected chi connectivity index (χ4v) is 12.3. The van der Waals surface area contributed by atoms with Gasteiger partial charge in [-0.05, 0) is 162 Å². The molecule has 3 saturated carbocycles. The van der Waals surface area contributed by atoms with Crippen LogP contribution in [0, 0.1) is 17.8 Å². The van der Waals surface area contributed by atoms with Gasteiger partial charge in [-0.25, -0.2) is 0 Å². The molecule has 2 heteroatoms. The zero-order valence-corrected chi connectivity index (χ0v) is 35.5. The molecule has 0 saturated heterocycles. The number of aryl methyl sites for hydroxylation is 1. The molecule has 3 aliphatic carbocycles. The Hall–Kier alpha value is -6.12. The second-order valence-corrected chi connectivity index (χ2v) is 18.5. The molecule has 8 aromatic rings.